The van der Waals surface area contributed by atoms with Gasteiger partial charge in [-0.1, -0.05) is 146 Å². The van der Waals surface area contributed by atoms with Gasteiger partial charge in [0, 0.05) is 27.3 Å². The summed E-state index contributed by atoms with van der Waals surface area (Å²) in [6.07, 6.45) is 0. The van der Waals surface area contributed by atoms with E-state index in [0.717, 1.165) is 77.4 Å². The van der Waals surface area contributed by atoms with E-state index in [0.29, 0.717) is 11.5 Å². The van der Waals surface area contributed by atoms with Crippen molar-refractivity contribution in [1.82, 2.24) is 9.97 Å². The highest BCUT2D eigenvalue weighted by Gasteiger charge is 2.21. The summed E-state index contributed by atoms with van der Waals surface area (Å²) in [4.78, 5) is 10.4. The molecule has 8 aromatic carbocycles. The minimum Gasteiger partial charge on any atom is -0.456 e. The van der Waals surface area contributed by atoms with Gasteiger partial charge in [0.05, 0.1) is 11.1 Å². The minimum absolute atomic E-state index is 0.552. The Morgan fingerprint density at radius 3 is 1.41 bits per heavy atom. The Labute approximate surface area is 323 Å². The molecule has 0 amide bonds. The molecule has 0 N–H and O–H groups in total. The van der Waals surface area contributed by atoms with Gasteiger partial charge in [0.2, 0.25) is 5.71 Å². The average molecular weight is 717 g/mol. The van der Waals surface area contributed by atoms with Crippen molar-refractivity contribution < 1.29 is 8.83 Å². The highest BCUT2D eigenvalue weighted by Crippen LogP contribution is 2.41. The standard InChI is InChI=1S/C52H32N2O2/c1-3-14-33(15-4-1)39-30-40(34-16-5-2-6-17-34)32-41(31-39)37-20-11-18-35(28-37)36-19-12-21-38(29-36)50-49-43-23-8-10-26-46(43)56-52(49)54-51(53-50)44-24-13-27-47-48(44)42-22-7-9-25-45(42)55-47/h1-32H. The lowest BCUT2D eigenvalue weighted by Crippen LogP contribution is -1.95. The third-order valence-electron chi connectivity index (χ3n) is 10.7. The molecule has 0 bridgehead atoms. The largest absolute Gasteiger partial charge is 0.456 e. The van der Waals surface area contributed by atoms with Gasteiger partial charge in [-0.05, 0) is 93.0 Å². The van der Waals surface area contributed by atoms with Crippen LogP contribution in [0.15, 0.2) is 203 Å². The minimum atomic E-state index is 0.552. The van der Waals surface area contributed by atoms with E-state index in [4.69, 9.17) is 18.8 Å². The zero-order valence-electron chi connectivity index (χ0n) is 30.2. The summed E-state index contributed by atoms with van der Waals surface area (Å²) >= 11 is 0. The molecule has 56 heavy (non-hydrogen) atoms. The first-order valence-electron chi connectivity index (χ1n) is 18.8. The molecule has 4 nitrogen and oxygen atoms in total. The van der Waals surface area contributed by atoms with Crippen molar-refractivity contribution in [2.24, 2.45) is 0 Å². The molecule has 3 aromatic heterocycles. The van der Waals surface area contributed by atoms with Crippen LogP contribution in [0.5, 0.6) is 0 Å². The fraction of sp³-hybridized carbons (Fsp3) is 0. The van der Waals surface area contributed by atoms with E-state index in [-0.39, 0.29) is 0 Å². The van der Waals surface area contributed by atoms with Crippen molar-refractivity contribution in [3.63, 3.8) is 0 Å². The average Bonchev–Trinajstić information content (AvgIpc) is 3.85. The predicted molar refractivity (Wildman–Crippen MR) is 229 cm³/mol. The van der Waals surface area contributed by atoms with E-state index in [9.17, 15) is 0 Å². The zero-order chi connectivity index (χ0) is 37.0. The van der Waals surface area contributed by atoms with E-state index in [1.54, 1.807) is 0 Å². The molecule has 0 aliphatic rings. The van der Waals surface area contributed by atoms with Crippen LogP contribution in [-0.2, 0) is 0 Å². The maximum Gasteiger partial charge on any atom is 0.231 e. The molecule has 262 valence electrons. The SMILES string of the molecule is c1ccc(-c2cc(-c3ccccc3)cc(-c3cccc(-c4cccc(-c5nc(-c6cccc7oc8ccccc8c67)nc6oc7ccccc7c56)c4)c3)c2)cc1. The molecular formula is C52H32N2O2. The lowest BCUT2D eigenvalue weighted by Gasteiger charge is -2.13. The van der Waals surface area contributed by atoms with Crippen molar-refractivity contribution in [1.29, 1.82) is 0 Å². The van der Waals surface area contributed by atoms with Gasteiger partial charge in [0.15, 0.2) is 5.82 Å². The van der Waals surface area contributed by atoms with Gasteiger partial charge < -0.3 is 8.83 Å². The molecule has 11 rings (SSSR count). The van der Waals surface area contributed by atoms with Gasteiger partial charge >= 0.3 is 0 Å². The highest BCUT2D eigenvalue weighted by atomic mass is 16.3. The number of para-hydroxylation sites is 2. The van der Waals surface area contributed by atoms with Gasteiger partial charge in [-0.3, -0.25) is 0 Å². The monoisotopic (exact) mass is 716 g/mol. The van der Waals surface area contributed by atoms with Crippen molar-refractivity contribution in [2.75, 3.05) is 0 Å². The molecular weight excluding hydrogens is 685 g/mol. The summed E-state index contributed by atoms with van der Waals surface area (Å²) in [6.45, 7) is 0. The molecule has 0 spiro atoms. The summed E-state index contributed by atoms with van der Waals surface area (Å²) in [5.41, 5.74) is 14.9. The number of benzene rings is 8. The molecule has 0 aliphatic carbocycles. The van der Waals surface area contributed by atoms with Gasteiger partial charge in [0.25, 0.3) is 0 Å². The van der Waals surface area contributed by atoms with Crippen LogP contribution in [0.1, 0.15) is 0 Å². The van der Waals surface area contributed by atoms with E-state index in [2.05, 4.69) is 146 Å². The lowest BCUT2D eigenvalue weighted by molar-refractivity contribution is 0.653. The lowest BCUT2D eigenvalue weighted by atomic mass is 9.92. The molecule has 0 aliphatic heterocycles. The Kier molecular flexibility index (Phi) is 7.46. The second-order valence-corrected chi connectivity index (χ2v) is 14.1. The second-order valence-electron chi connectivity index (χ2n) is 14.1. The molecule has 0 saturated heterocycles. The highest BCUT2D eigenvalue weighted by molar-refractivity contribution is 6.14. The third-order valence-corrected chi connectivity index (χ3v) is 10.7. The normalized spacial score (nSPS) is 11.6. The van der Waals surface area contributed by atoms with Crippen molar-refractivity contribution in [2.45, 2.75) is 0 Å². The number of hydrogen-bond acceptors (Lipinski definition) is 4. The van der Waals surface area contributed by atoms with E-state index in [1.165, 1.54) is 22.3 Å². The van der Waals surface area contributed by atoms with Gasteiger partial charge in [0.1, 0.15) is 16.7 Å². The molecule has 0 unspecified atom stereocenters. The summed E-state index contributed by atoms with van der Waals surface area (Å²) < 4.78 is 12.7. The van der Waals surface area contributed by atoms with Crippen LogP contribution in [0.3, 0.4) is 0 Å². The maximum atomic E-state index is 6.45. The second kappa shape index (κ2) is 13.1. The topological polar surface area (TPSA) is 52.1 Å². The van der Waals surface area contributed by atoms with Gasteiger partial charge in [-0.15, -0.1) is 0 Å². The fourth-order valence-corrected chi connectivity index (χ4v) is 8.03. The number of furan rings is 2. The number of rotatable bonds is 6. The van der Waals surface area contributed by atoms with Crippen molar-refractivity contribution in [3.05, 3.63) is 194 Å². The van der Waals surface area contributed by atoms with Crippen LogP contribution in [0.2, 0.25) is 0 Å². The van der Waals surface area contributed by atoms with Crippen molar-refractivity contribution in [3.8, 4) is 67.2 Å². The van der Waals surface area contributed by atoms with Crippen LogP contribution < -0.4 is 0 Å². The van der Waals surface area contributed by atoms with Crippen LogP contribution in [-0.4, -0.2) is 9.97 Å². The number of nitrogens with zero attached hydrogens (tertiary/aromatic N) is 2. The number of aromatic nitrogens is 2. The van der Waals surface area contributed by atoms with Crippen LogP contribution >= 0.6 is 0 Å². The number of hydrogen-bond donors (Lipinski definition) is 0. The Balaban J connectivity index is 1.06. The molecule has 0 saturated carbocycles. The van der Waals surface area contributed by atoms with E-state index < -0.39 is 0 Å². The zero-order valence-corrected chi connectivity index (χ0v) is 30.2. The molecule has 4 heteroatoms. The quantitative estimate of drug-likeness (QED) is 0.172. The Hall–Kier alpha value is -7.56. The predicted octanol–water partition coefficient (Wildman–Crippen LogP) is 14.3. The molecule has 0 atom stereocenters. The summed E-state index contributed by atoms with van der Waals surface area (Å²) in [6, 6.07) is 67.8. The summed E-state index contributed by atoms with van der Waals surface area (Å²) in [5.74, 6) is 0.587. The molecule has 0 radical (unpaired) electrons. The Morgan fingerprint density at radius 1 is 0.304 bits per heavy atom. The first-order chi connectivity index (χ1) is 27.7. The van der Waals surface area contributed by atoms with Crippen LogP contribution in [0, 0.1) is 0 Å². The Bertz CT molecular complexity index is 3190. The number of fused-ring (bicyclic) bond motifs is 6. The van der Waals surface area contributed by atoms with Crippen LogP contribution in [0.4, 0.5) is 0 Å². The van der Waals surface area contributed by atoms with Gasteiger partial charge in [-0.2, -0.15) is 4.98 Å². The first kappa shape index (κ1) is 31.9. The molecule has 0 fully saturated rings. The van der Waals surface area contributed by atoms with Crippen molar-refractivity contribution >= 4 is 44.0 Å². The van der Waals surface area contributed by atoms with E-state index in [1.807, 2.05) is 48.5 Å². The van der Waals surface area contributed by atoms with Crippen LogP contribution in [0.25, 0.3) is 111 Å². The smallest absolute Gasteiger partial charge is 0.231 e. The molecule has 11 aromatic rings. The Morgan fingerprint density at radius 2 is 0.750 bits per heavy atom. The third kappa shape index (κ3) is 5.47. The van der Waals surface area contributed by atoms with E-state index >= 15 is 0 Å². The summed E-state index contributed by atoms with van der Waals surface area (Å²) in [7, 11) is 0. The first-order valence-corrected chi connectivity index (χ1v) is 18.8. The van der Waals surface area contributed by atoms with Gasteiger partial charge in [-0.25, -0.2) is 4.98 Å². The summed E-state index contributed by atoms with van der Waals surface area (Å²) in [5, 5.41) is 3.89. The molecule has 3 heterocycles. The fourth-order valence-electron chi connectivity index (χ4n) is 8.03. The maximum absolute atomic E-state index is 6.45.